The van der Waals surface area contributed by atoms with Gasteiger partial charge in [0.1, 0.15) is 10.1 Å². The first-order valence-electron chi connectivity index (χ1n) is 9.39. The second kappa shape index (κ2) is 8.02. The summed E-state index contributed by atoms with van der Waals surface area (Å²) in [6, 6.07) is 11.5. The number of thiocarbonyl (C=S) groups is 1. The van der Waals surface area contributed by atoms with E-state index in [-0.39, 0.29) is 5.75 Å². The number of hydrogen-bond donors (Lipinski definition) is 1. The molecule has 1 saturated heterocycles. The molecule has 1 aliphatic heterocycles. The highest BCUT2D eigenvalue weighted by molar-refractivity contribution is 8.23. The van der Waals surface area contributed by atoms with Crippen molar-refractivity contribution in [2.75, 3.05) is 18.6 Å². The number of fused-ring (bicyclic) bond motifs is 1. The fourth-order valence-electron chi connectivity index (χ4n) is 4.14. The lowest BCUT2D eigenvalue weighted by Crippen LogP contribution is -2.48. The van der Waals surface area contributed by atoms with Gasteiger partial charge >= 0.3 is 0 Å². The normalized spacial score (nSPS) is 21.1. The van der Waals surface area contributed by atoms with Crippen LogP contribution in [0, 0.1) is 5.41 Å². The van der Waals surface area contributed by atoms with Crippen molar-refractivity contribution in [3.8, 4) is 5.75 Å². The monoisotopic (exact) mass is 416 g/mol. The molecule has 0 atom stereocenters. The highest BCUT2D eigenvalue weighted by atomic mass is 32.2. The molecule has 1 N–H and O–H groups in total. The summed E-state index contributed by atoms with van der Waals surface area (Å²) < 4.78 is 0.897. The van der Waals surface area contributed by atoms with Gasteiger partial charge in [-0.1, -0.05) is 73.2 Å². The zero-order chi connectivity index (χ0) is 18.9. The van der Waals surface area contributed by atoms with Gasteiger partial charge in [0.05, 0.1) is 5.69 Å². The number of rotatable bonds is 1. The summed E-state index contributed by atoms with van der Waals surface area (Å²) in [5.74, 6) is 1.39. The molecule has 2 aromatic carbocycles. The van der Waals surface area contributed by atoms with E-state index >= 15 is 0 Å². The number of benzene rings is 2. The van der Waals surface area contributed by atoms with Crippen LogP contribution in [0.3, 0.4) is 0 Å². The maximum Gasteiger partial charge on any atom is 0.169 e. The molecule has 0 aromatic heterocycles. The summed E-state index contributed by atoms with van der Waals surface area (Å²) in [5, 5.41) is 13.0. The molecular formula is C21H24N2OS3. The van der Waals surface area contributed by atoms with Gasteiger partial charge in [0.2, 0.25) is 0 Å². The van der Waals surface area contributed by atoms with E-state index in [1.165, 1.54) is 32.1 Å². The molecule has 27 heavy (non-hydrogen) atoms. The van der Waals surface area contributed by atoms with Crippen molar-refractivity contribution < 1.29 is 5.11 Å². The summed E-state index contributed by atoms with van der Waals surface area (Å²) in [5.41, 5.74) is 1.26. The van der Waals surface area contributed by atoms with Gasteiger partial charge in [-0.2, -0.15) is 0 Å². The highest BCUT2D eigenvalue weighted by Gasteiger charge is 2.40. The Morgan fingerprint density at radius 3 is 2.81 bits per heavy atom. The molecule has 6 heteroatoms. The quantitative estimate of drug-likeness (QED) is 0.562. The second-order valence-electron chi connectivity index (χ2n) is 7.48. The lowest BCUT2D eigenvalue weighted by atomic mass is 9.75. The van der Waals surface area contributed by atoms with E-state index in [2.05, 4.69) is 4.90 Å². The summed E-state index contributed by atoms with van der Waals surface area (Å²) in [4.78, 5) is 7.26. The molecule has 4 rings (SSSR count). The Hall–Kier alpha value is -1.24. The third-order valence-electron chi connectivity index (χ3n) is 5.60. The van der Waals surface area contributed by atoms with Crippen LogP contribution in [0.5, 0.6) is 5.75 Å². The zero-order valence-corrected chi connectivity index (χ0v) is 17.9. The van der Waals surface area contributed by atoms with Crippen LogP contribution < -0.4 is 0 Å². The van der Waals surface area contributed by atoms with Crippen LogP contribution in [0.2, 0.25) is 0 Å². The molecule has 2 fully saturated rings. The minimum atomic E-state index is 0.268. The molecule has 1 aliphatic carbocycles. The average molecular weight is 417 g/mol. The van der Waals surface area contributed by atoms with Gasteiger partial charge < -0.3 is 10.0 Å². The Balaban J connectivity index is 1.71. The van der Waals surface area contributed by atoms with Crippen LogP contribution in [0.1, 0.15) is 32.1 Å². The summed E-state index contributed by atoms with van der Waals surface area (Å²) in [6.07, 6.45) is 8.65. The van der Waals surface area contributed by atoms with Crippen molar-refractivity contribution in [1.82, 2.24) is 4.90 Å². The summed E-state index contributed by atoms with van der Waals surface area (Å²) in [7, 11) is 0. The number of aliphatic imine (C=N–C) groups is 1. The Bertz CT molecular complexity index is 890. The highest BCUT2D eigenvalue weighted by Crippen LogP contribution is 2.44. The first-order chi connectivity index (χ1) is 13.1. The minimum absolute atomic E-state index is 0.268. The van der Waals surface area contributed by atoms with Crippen LogP contribution in [-0.2, 0) is 0 Å². The van der Waals surface area contributed by atoms with Gasteiger partial charge in [0.15, 0.2) is 5.17 Å². The zero-order valence-electron chi connectivity index (χ0n) is 15.5. The van der Waals surface area contributed by atoms with Gasteiger partial charge in [0, 0.05) is 17.7 Å². The summed E-state index contributed by atoms with van der Waals surface area (Å²) >= 11 is 9.16. The van der Waals surface area contributed by atoms with Gasteiger partial charge in [0.25, 0.3) is 0 Å². The number of phenols is 1. The van der Waals surface area contributed by atoms with Gasteiger partial charge in [-0.3, -0.25) is 0 Å². The number of nitrogens with zero attached hydrogens (tertiary/aromatic N) is 2. The molecular weight excluding hydrogens is 392 g/mol. The molecule has 1 saturated carbocycles. The third-order valence-corrected chi connectivity index (χ3v) is 8.22. The van der Waals surface area contributed by atoms with Crippen molar-refractivity contribution in [2.24, 2.45) is 10.4 Å². The fraction of sp³-hybridized carbons (Fsp3) is 0.429. The SMILES string of the molecule is CSC(=S)N1CC2(CCCCC2)CS/C1=N\c1cccc2ccc(O)cc12. The van der Waals surface area contributed by atoms with Gasteiger partial charge in [-0.25, -0.2) is 4.99 Å². The van der Waals surface area contributed by atoms with Crippen molar-refractivity contribution >= 4 is 61.7 Å². The predicted octanol–water partition coefficient (Wildman–Crippen LogP) is 6.18. The van der Waals surface area contributed by atoms with E-state index in [0.29, 0.717) is 5.41 Å². The number of amidine groups is 1. The third kappa shape index (κ3) is 3.98. The lowest BCUT2D eigenvalue weighted by Gasteiger charge is -2.45. The Kier molecular flexibility index (Phi) is 5.67. The fourth-order valence-corrected chi connectivity index (χ4v) is 6.07. The van der Waals surface area contributed by atoms with E-state index in [1.807, 2.05) is 42.3 Å². The molecule has 3 nitrogen and oxygen atoms in total. The first kappa shape index (κ1) is 19.1. The standard InChI is InChI=1S/C21H24N2OS3/c1-26-20(25)23-13-21(10-3-2-4-11-21)14-27-19(23)22-18-7-5-6-15-8-9-16(24)12-17(15)18/h5-9,12,24H,2-4,10-11,13-14H2,1H3/b22-19-. The maximum absolute atomic E-state index is 9.92. The summed E-state index contributed by atoms with van der Waals surface area (Å²) in [6.45, 7) is 0.981. The van der Waals surface area contributed by atoms with Crippen molar-refractivity contribution in [2.45, 2.75) is 32.1 Å². The van der Waals surface area contributed by atoms with E-state index in [4.69, 9.17) is 17.2 Å². The first-order valence-corrected chi connectivity index (χ1v) is 12.0. The van der Waals surface area contributed by atoms with E-state index in [0.717, 1.165) is 38.2 Å². The molecule has 0 unspecified atom stereocenters. The second-order valence-corrected chi connectivity index (χ2v) is 9.87. The Morgan fingerprint density at radius 2 is 2.04 bits per heavy atom. The van der Waals surface area contributed by atoms with Crippen LogP contribution in [0.15, 0.2) is 41.4 Å². The predicted molar refractivity (Wildman–Crippen MR) is 124 cm³/mol. The molecule has 2 aliphatic rings. The molecule has 0 radical (unpaired) electrons. The van der Waals surface area contributed by atoms with Crippen LogP contribution in [-0.4, -0.2) is 38.0 Å². The molecule has 0 bridgehead atoms. The maximum atomic E-state index is 9.92. The number of phenolic OH excluding ortho intramolecular Hbond substituents is 1. The minimum Gasteiger partial charge on any atom is -0.508 e. The Morgan fingerprint density at radius 1 is 1.22 bits per heavy atom. The topological polar surface area (TPSA) is 35.8 Å². The van der Waals surface area contributed by atoms with Crippen LogP contribution in [0.4, 0.5) is 5.69 Å². The van der Waals surface area contributed by atoms with E-state index < -0.39 is 0 Å². The van der Waals surface area contributed by atoms with Crippen molar-refractivity contribution in [1.29, 1.82) is 0 Å². The largest absolute Gasteiger partial charge is 0.508 e. The molecule has 2 aromatic rings. The number of hydrogen-bond acceptors (Lipinski definition) is 5. The van der Waals surface area contributed by atoms with E-state index in [1.54, 1.807) is 23.9 Å². The smallest absolute Gasteiger partial charge is 0.169 e. The van der Waals surface area contributed by atoms with Crippen molar-refractivity contribution in [3.63, 3.8) is 0 Å². The van der Waals surface area contributed by atoms with E-state index in [9.17, 15) is 5.11 Å². The van der Waals surface area contributed by atoms with Crippen LogP contribution >= 0.6 is 35.7 Å². The van der Waals surface area contributed by atoms with Crippen molar-refractivity contribution in [3.05, 3.63) is 36.4 Å². The number of aromatic hydroxyl groups is 1. The van der Waals surface area contributed by atoms with Crippen LogP contribution in [0.25, 0.3) is 10.8 Å². The Labute approximate surface area is 174 Å². The number of thioether (sulfide) groups is 2. The van der Waals surface area contributed by atoms with Gasteiger partial charge in [-0.05, 0) is 48.1 Å². The molecule has 142 valence electrons. The lowest BCUT2D eigenvalue weighted by molar-refractivity contribution is 0.194. The molecule has 1 spiro atoms. The molecule has 0 amide bonds. The average Bonchev–Trinajstić information content (AvgIpc) is 2.70. The van der Waals surface area contributed by atoms with Gasteiger partial charge in [-0.15, -0.1) is 0 Å². The molecule has 1 heterocycles.